The average molecular weight is 282 g/mol. The van der Waals surface area contributed by atoms with E-state index in [4.69, 9.17) is 17.3 Å². The molecule has 0 radical (unpaired) electrons. The molecule has 104 valence electrons. The second kappa shape index (κ2) is 6.24. The topological polar surface area (TPSA) is 68.0 Å². The molecule has 2 rings (SSSR count). The summed E-state index contributed by atoms with van der Waals surface area (Å²) >= 11 is 5.98. The summed E-state index contributed by atoms with van der Waals surface area (Å²) in [7, 11) is 0. The maximum atomic E-state index is 12.2. The van der Waals surface area contributed by atoms with E-state index in [0.29, 0.717) is 16.8 Å². The molecule has 1 unspecified atom stereocenters. The Morgan fingerprint density at radius 3 is 2.79 bits per heavy atom. The Hall–Kier alpha value is -1.29. The molecule has 4 nitrogen and oxygen atoms in total. The largest absolute Gasteiger partial charge is 0.384 e. The van der Waals surface area contributed by atoms with Gasteiger partial charge in [0.25, 0.3) is 5.91 Å². The lowest BCUT2D eigenvalue weighted by molar-refractivity contribution is 0.0914. The maximum Gasteiger partial charge on any atom is 0.271 e. The van der Waals surface area contributed by atoms with Crippen LogP contribution in [0.3, 0.4) is 0 Å². The van der Waals surface area contributed by atoms with Crippen molar-refractivity contribution in [3.05, 3.63) is 22.8 Å². The van der Waals surface area contributed by atoms with Gasteiger partial charge in [0, 0.05) is 6.04 Å². The van der Waals surface area contributed by atoms with E-state index in [-0.39, 0.29) is 17.6 Å². The SMILES string of the molecule is CC(NC(=O)c1nc(N)ccc1Cl)C1CCCCC1. The van der Waals surface area contributed by atoms with E-state index in [9.17, 15) is 4.79 Å². The second-order valence-corrected chi connectivity index (χ2v) is 5.63. The first kappa shape index (κ1) is 14.1. The Kier molecular flexibility index (Phi) is 4.64. The van der Waals surface area contributed by atoms with Crippen molar-refractivity contribution in [1.29, 1.82) is 0 Å². The van der Waals surface area contributed by atoms with Crippen LogP contribution in [0.5, 0.6) is 0 Å². The number of rotatable bonds is 3. The molecule has 0 aliphatic heterocycles. The van der Waals surface area contributed by atoms with Gasteiger partial charge in [0.2, 0.25) is 0 Å². The number of halogens is 1. The standard InChI is InChI=1S/C14H20ClN3O/c1-9(10-5-3-2-4-6-10)17-14(19)13-11(15)7-8-12(16)18-13/h7-10H,2-6H2,1H3,(H2,16,18)(H,17,19). The molecular formula is C14H20ClN3O. The highest BCUT2D eigenvalue weighted by Gasteiger charge is 2.23. The molecule has 0 saturated heterocycles. The van der Waals surface area contributed by atoms with Crippen molar-refractivity contribution in [2.75, 3.05) is 5.73 Å². The van der Waals surface area contributed by atoms with Gasteiger partial charge >= 0.3 is 0 Å². The Bertz CT molecular complexity index is 458. The van der Waals surface area contributed by atoms with Crippen LogP contribution in [0.4, 0.5) is 5.82 Å². The molecular weight excluding hydrogens is 262 g/mol. The van der Waals surface area contributed by atoms with Crippen LogP contribution < -0.4 is 11.1 Å². The Morgan fingerprint density at radius 2 is 2.11 bits per heavy atom. The van der Waals surface area contributed by atoms with Crippen LogP contribution in [0.25, 0.3) is 0 Å². The lowest BCUT2D eigenvalue weighted by atomic mass is 9.84. The van der Waals surface area contributed by atoms with Gasteiger partial charge in [-0.1, -0.05) is 30.9 Å². The van der Waals surface area contributed by atoms with Gasteiger partial charge in [0.15, 0.2) is 0 Å². The molecule has 5 heteroatoms. The fourth-order valence-corrected chi connectivity index (χ4v) is 2.83. The van der Waals surface area contributed by atoms with Crippen LogP contribution in [0.1, 0.15) is 49.5 Å². The predicted molar refractivity (Wildman–Crippen MR) is 77.2 cm³/mol. The van der Waals surface area contributed by atoms with Crippen molar-refractivity contribution in [3.63, 3.8) is 0 Å². The first-order valence-corrected chi connectivity index (χ1v) is 7.18. The highest BCUT2D eigenvalue weighted by Crippen LogP contribution is 2.26. The van der Waals surface area contributed by atoms with Crippen LogP contribution in [-0.4, -0.2) is 16.9 Å². The van der Waals surface area contributed by atoms with E-state index in [0.717, 1.165) is 0 Å². The zero-order valence-electron chi connectivity index (χ0n) is 11.2. The third-order valence-corrected chi connectivity index (χ3v) is 4.10. The minimum Gasteiger partial charge on any atom is -0.384 e. The number of nitrogen functional groups attached to an aromatic ring is 1. The summed E-state index contributed by atoms with van der Waals surface area (Å²) in [6.07, 6.45) is 6.17. The van der Waals surface area contributed by atoms with Gasteiger partial charge in [-0.2, -0.15) is 0 Å². The second-order valence-electron chi connectivity index (χ2n) is 5.23. The van der Waals surface area contributed by atoms with Gasteiger partial charge < -0.3 is 11.1 Å². The van der Waals surface area contributed by atoms with E-state index in [2.05, 4.69) is 10.3 Å². The zero-order chi connectivity index (χ0) is 13.8. The number of nitrogens with two attached hydrogens (primary N) is 1. The minimum absolute atomic E-state index is 0.145. The fourth-order valence-electron chi connectivity index (χ4n) is 2.64. The molecule has 1 amide bonds. The third kappa shape index (κ3) is 3.60. The summed E-state index contributed by atoms with van der Waals surface area (Å²) in [5.74, 6) is 0.618. The summed E-state index contributed by atoms with van der Waals surface area (Å²) in [5, 5.41) is 3.33. The molecule has 1 aromatic rings. The van der Waals surface area contributed by atoms with Gasteiger partial charge in [-0.25, -0.2) is 4.98 Å². The van der Waals surface area contributed by atoms with E-state index >= 15 is 0 Å². The van der Waals surface area contributed by atoms with Gasteiger partial charge in [0.05, 0.1) is 5.02 Å². The van der Waals surface area contributed by atoms with Crippen molar-refractivity contribution in [2.24, 2.45) is 5.92 Å². The van der Waals surface area contributed by atoms with Crippen LogP contribution in [0, 0.1) is 5.92 Å². The van der Waals surface area contributed by atoms with E-state index in [1.807, 2.05) is 6.92 Å². The highest BCUT2D eigenvalue weighted by atomic mass is 35.5. The molecule has 0 spiro atoms. The molecule has 3 N–H and O–H groups in total. The molecule has 1 aliphatic carbocycles. The van der Waals surface area contributed by atoms with Crippen molar-refractivity contribution in [1.82, 2.24) is 10.3 Å². The number of nitrogens with zero attached hydrogens (tertiary/aromatic N) is 1. The summed E-state index contributed by atoms with van der Waals surface area (Å²) < 4.78 is 0. The maximum absolute atomic E-state index is 12.2. The Morgan fingerprint density at radius 1 is 1.42 bits per heavy atom. The fraction of sp³-hybridized carbons (Fsp3) is 0.571. The summed E-state index contributed by atoms with van der Waals surface area (Å²) in [4.78, 5) is 16.2. The molecule has 1 fully saturated rings. The van der Waals surface area contributed by atoms with E-state index < -0.39 is 0 Å². The molecule has 0 aromatic carbocycles. The Balaban J connectivity index is 2.01. The van der Waals surface area contributed by atoms with Crippen LogP contribution in [0.2, 0.25) is 5.02 Å². The number of carbonyl (C=O) groups is 1. The molecule has 1 heterocycles. The average Bonchev–Trinajstić information content (AvgIpc) is 2.42. The smallest absolute Gasteiger partial charge is 0.271 e. The first-order chi connectivity index (χ1) is 9.08. The van der Waals surface area contributed by atoms with Crippen LogP contribution >= 0.6 is 11.6 Å². The number of pyridine rings is 1. The van der Waals surface area contributed by atoms with Gasteiger partial charge in [-0.3, -0.25) is 4.79 Å². The number of amides is 1. The van der Waals surface area contributed by atoms with E-state index in [1.165, 1.54) is 32.1 Å². The molecule has 1 aromatic heterocycles. The number of anilines is 1. The van der Waals surface area contributed by atoms with Crippen molar-refractivity contribution in [3.8, 4) is 0 Å². The number of aromatic nitrogens is 1. The molecule has 19 heavy (non-hydrogen) atoms. The summed E-state index contributed by atoms with van der Waals surface area (Å²) in [6, 6.07) is 3.33. The lowest BCUT2D eigenvalue weighted by Crippen LogP contribution is -2.39. The van der Waals surface area contributed by atoms with Gasteiger partial charge in [-0.05, 0) is 37.8 Å². The summed E-state index contributed by atoms with van der Waals surface area (Å²) in [5.41, 5.74) is 5.80. The van der Waals surface area contributed by atoms with E-state index in [1.54, 1.807) is 12.1 Å². The molecule has 1 saturated carbocycles. The van der Waals surface area contributed by atoms with Crippen LogP contribution in [-0.2, 0) is 0 Å². The molecule has 1 atom stereocenters. The molecule has 1 aliphatic rings. The van der Waals surface area contributed by atoms with Gasteiger partial charge in [-0.15, -0.1) is 0 Å². The first-order valence-electron chi connectivity index (χ1n) is 6.81. The summed E-state index contributed by atoms with van der Waals surface area (Å²) in [6.45, 7) is 2.05. The number of hydrogen-bond acceptors (Lipinski definition) is 3. The zero-order valence-corrected chi connectivity index (χ0v) is 11.9. The van der Waals surface area contributed by atoms with Crippen molar-refractivity contribution < 1.29 is 4.79 Å². The highest BCUT2D eigenvalue weighted by molar-refractivity contribution is 6.33. The number of hydrogen-bond donors (Lipinski definition) is 2. The molecule has 0 bridgehead atoms. The van der Waals surface area contributed by atoms with Crippen LogP contribution in [0.15, 0.2) is 12.1 Å². The van der Waals surface area contributed by atoms with Crippen molar-refractivity contribution in [2.45, 2.75) is 45.1 Å². The number of nitrogens with one attached hydrogen (secondary N) is 1. The monoisotopic (exact) mass is 281 g/mol. The predicted octanol–water partition coefficient (Wildman–Crippen LogP) is 3.02. The minimum atomic E-state index is -0.240. The normalized spacial score (nSPS) is 18.0. The third-order valence-electron chi connectivity index (χ3n) is 3.80. The quantitative estimate of drug-likeness (QED) is 0.895. The Labute approximate surface area is 118 Å². The lowest BCUT2D eigenvalue weighted by Gasteiger charge is -2.28. The van der Waals surface area contributed by atoms with Gasteiger partial charge in [0.1, 0.15) is 11.5 Å². The van der Waals surface area contributed by atoms with Crippen molar-refractivity contribution >= 4 is 23.3 Å². The number of carbonyl (C=O) groups excluding carboxylic acids is 1.